The lowest BCUT2D eigenvalue weighted by molar-refractivity contribution is 0.0218. The van der Waals surface area contributed by atoms with E-state index in [1.54, 1.807) is 0 Å². The summed E-state index contributed by atoms with van der Waals surface area (Å²) in [5.41, 5.74) is 2.35. The van der Waals surface area contributed by atoms with Gasteiger partial charge >= 0.3 is 0 Å². The number of hydrogen-bond acceptors (Lipinski definition) is 3. The van der Waals surface area contributed by atoms with Crippen molar-refractivity contribution in [3.8, 4) is 0 Å². The van der Waals surface area contributed by atoms with Crippen molar-refractivity contribution in [1.29, 1.82) is 0 Å². The highest BCUT2D eigenvalue weighted by atomic mass is 16.5. The third-order valence-corrected chi connectivity index (χ3v) is 2.92. The number of imidazole rings is 1. The van der Waals surface area contributed by atoms with Crippen LogP contribution in [0.25, 0.3) is 5.52 Å². The number of hydrogen-bond donors (Lipinski definition) is 1. The Balaban J connectivity index is 2.05. The van der Waals surface area contributed by atoms with Crippen LogP contribution in [0.2, 0.25) is 0 Å². The van der Waals surface area contributed by atoms with Crippen molar-refractivity contribution in [2.24, 2.45) is 0 Å². The van der Waals surface area contributed by atoms with Gasteiger partial charge in [0.05, 0.1) is 18.3 Å². The van der Waals surface area contributed by atoms with Crippen LogP contribution in [-0.4, -0.2) is 29.1 Å². The first-order chi connectivity index (χ1) is 7.84. The normalized spacial score (nSPS) is 21.4. The molecule has 0 aromatic carbocycles. The molecule has 0 amide bonds. The number of rotatable bonds is 1. The fraction of sp³-hybridized carbons (Fsp3) is 0.417. The molecule has 1 unspecified atom stereocenters. The summed E-state index contributed by atoms with van der Waals surface area (Å²) in [5, 5.41) is 3.32. The van der Waals surface area contributed by atoms with E-state index in [9.17, 15) is 0 Å². The Bertz CT molecular complexity index is 500. The summed E-state index contributed by atoms with van der Waals surface area (Å²) in [6.07, 6.45) is 4.07. The number of fused-ring (bicyclic) bond motifs is 1. The average molecular weight is 217 g/mol. The van der Waals surface area contributed by atoms with Gasteiger partial charge in [0, 0.05) is 19.3 Å². The van der Waals surface area contributed by atoms with E-state index in [2.05, 4.69) is 40.0 Å². The fourth-order valence-corrected chi connectivity index (χ4v) is 2.09. The molecule has 0 spiro atoms. The predicted molar refractivity (Wildman–Crippen MR) is 61.5 cm³/mol. The molecule has 2 aromatic heterocycles. The second-order valence-electron chi connectivity index (χ2n) is 4.18. The van der Waals surface area contributed by atoms with E-state index < -0.39 is 0 Å². The molecule has 84 valence electrons. The molecule has 4 nitrogen and oxygen atoms in total. The minimum Gasteiger partial charge on any atom is -0.368 e. The van der Waals surface area contributed by atoms with Crippen molar-refractivity contribution in [2.75, 3.05) is 19.7 Å². The van der Waals surface area contributed by atoms with E-state index in [4.69, 9.17) is 4.74 Å². The van der Waals surface area contributed by atoms with Gasteiger partial charge in [-0.2, -0.15) is 0 Å². The molecule has 4 heteroatoms. The Labute approximate surface area is 94.3 Å². The maximum absolute atomic E-state index is 5.72. The summed E-state index contributed by atoms with van der Waals surface area (Å²) in [6.45, 7) is 4.61. The molecule has 16 heavy (non-hydrogen) atoms. The third kappa shape index (κ3) is 1.60. The molecule has 1 atom stereocenters. The zero-order valence-corrected chi connectivity index (χ0v) is 9.31. The van der Waals surface area contributed by atoms with Crippen LogP contribution < -0.4 is 5.32 Å². The fourth-order valence-electron chi connectivity index (χ4n) is 2.09. The van der Waals surface area contributed by atoms with Crippen LogP contribution in [0.4, 0.5) is 0 Å². The summed E-state index contributed by atoms with van der Waals surface area (Å²) in [6, 6.07) is 4.18. The van der Waals surface area contributed by atoms with Crippen molar-refractivity contribution in [1.82, 2.24) is 14.7 Å². The highest BCUT2D eigenvalue weighted by molar-refractivity contribution is 5.47. The van der Waals surface area contributed by atoms with Gasteiger partial charge in [0.25, 0.3) is 0 Å². The van der Waals surface area contributed by atoms with Gasteiger partial charge in [0.1, 0.15) is 11.9 Å². The van der Waals surface area contributed by atoms with Gasteiger partial charge in [-0.3, -0.25) is 0 Å². The van der Waals surface area contributed by atoms with Gasteiger partial charge in [-0.1, -0.05) is 6.07 Å². The summed E-state index contributed by atoms with van der Waals surface area (Å²) in [4.78, 5) is 4.46. The highest BCUT2D eigenvalue weighted by Gasteiger charge is 2.19. The van der Waals surface area contributed by atoms with E-state index in [-0.39, 0.29) is 6.10 Å². The van der Waals surface area contributed by atoms with Crippen LogP contribution in [-0.2, 0) is 4.74 Å². The molecule has 1 aliphatic rings. The third-order valence-electron chi connectivity index (χ3n) is 2.92. The largest absolute Gasteiger partial charge is 0.368 e. The first-order valence-electron chi connectivity index (χ1n) is 5.60. The molecule has 2 aromatic rings. The number of nitrogens with one attached hydrogen (secondary N) is 1. The van der Waals surface area contributed by atoms with E-state index in [0.29, 0.717) is 0 Å². The standard InChI is InChI=1S/C12H15N3O/c1-9-2-3-10-6-14-12(15(10)8-9)11-7-13-4-5-16-11/h2-3,6,8,11,13H,4-5,7H2,1H3. The van der Waals surface area contributed by atoms with Gasteiger partial charge in [0.2, 0.25) is 0 Å². The van der Waals surface area contributed by atoms with Crippen molar-refractivity contribution in [3.63, 3.8) is 0 Å². The number of aromatic nitrogens is 2. The molecule has 1 aliphatic heterocycles. The molecule has 0 aliphatic carbocycles. The Hall–Kier alpha value is -1.39. The van der Waals surface area contributed by atoms with Gasteiger partial charge in [-0.05, 0) is 18.6 Å². The quantitative estimate of drug-likeness (QED) is 0.782. The minimum absolute atomic E-state index is 0.0676. The lowest BCUT2D eigenvalue weighted by Crippen LogP contribution is -2.34. The maximum Gasteiger partial charge on any atom is 0.143 e. The Morgan fingerprint density at radius 1 is 1.50 bits per heavy atom. The van der Waals surface area contributed by atoms with Gasteiger partial charge < -0.3 is 14.5 Å². The minimum atomic E-state index is 0.0676. The highest BCUT2D eigenvalue weighted by Crippen LogP contribution is 2.19. The van der Waals surface area contributed by atoms with Crippen LogP contribution in [0.1, 0.15) is 17.5 Å². The number of aryl methyl sites for hydroxylation is 1. The maximum atomic E-state index is 5.72. The van der Waals surface area contributed by atoms with E-state index in [1.165, 1.54) is 5.56 Å². The van der Waals surface area contributed by atoms with Crippen molar-refractivity contribution >= 4 is 5.52 Å². The predicted octanol–water partition coefficient (Wildman–Crippen LogP) is 1.30. The monoisotopic (exact) mass is 217 g/mol. The number of pyridine rings is 1. The zero-order chi connectivity index (χ0) is 11.0. The second kappa shape index (κ2) is 3.88. The first kappa shape index (κ1) is 9.81. The summed E-state index contributed by atoms with van der Waals surface area (Å²) in [7, 11) is 0. The lowest BCUT2D eigenvalue weighted by Gasteiger charge is -2.22. The molecule has 1 saturated heterocycles. The summed E-state index contributed by atoms with van der Waals surface area (Å²) < 4.78 is 7.84. The summed E-state index contributed by atoms with van der Waals surface area (Å²) >= 11 is 0. The molecule has 3 rings (SSSR count). The molecule has 0 bridgehead atoms. The molecule has 3 heterocycles. The van der Waals surface area contributed by atoms with Gasteiger partial charge in [-0.25, -0.2) is 4.98 Å². The SMILES string of the molecule is Cc1ccc2cnc(C3CNCCO3)n2c1. The molecule has 0 radical (unpaired) electrons. The van der Waals surface area contributed by atoms with Crippen molar-refractivity contribution in [2.45, 2.75) is 13.0 Å². The Morgan fingerprint density at radius 3 is 3.25 bits per heavy atom. The average Bonchev–Trinajstić information content (AvgIpc) is 2.73. The first-order valence-corrected chi connectivity index (χ1v) is 5.60. The lowest BCUT2D eigenvalue weighted by atomic mass is 10.2. The van der Waals surface area contributed by atoms with Gasteiger partial charge in [-0.15, -0.1) is 0 Å². The zero-order valence-electron chi connectivity index (χ0n) is 9.31. The number of morpholine rings is 1. The van der Waals surface area contributed by atoms with Crippen molar-refractivity contribution in [3.05, 3.63) is 35.9 Å². The second-order valence-corrected chi connectivity index (χ2v) is 4.18. The van der Waals surface area contributed by atoms with E-state index in [1.807, 2.05) is 6.20 Å². The van der Waals surface area contributed by atoms with Crippen LogP contribution >= 0.6 is 0 Å². The molecule has 0 saturated carbocycles. The molecule has 1 fully saturated rings. The number of nitrogens with zero attached hydrogens (tertiary/aromatic N) is 2. The van der Waals surface area contributed by atoms with Crippen LogP contribution in [0.5, 0.6) is 0 Å². The van der Waals surface area contributed by atoms with Crippen molar-refractivity contribution < 1.29 is 4.74 Å². The molecular weight excluding hydrogens is 202 g/mol. The number of ether oxygens (including phenoxy) is 1. The van der Waals surface area contributed by atoms with Crippen LogP contribution in [0, 0.1) is 6.92 Å². The Kier molecular flexibility index (Phi) is 2.38. The molecule has 1 N–H and O–H groups in total. The van der Waals surface area contributed by atoms with E-state index in [0.717, 1.165) is 31.0 Å². The smallest absolute Gasteiger partial charge is 0.143 e. The summed E-state index contributed by atoms with van der Waals surface area (Å²) in [5.74, 6) is 0.992. The van der Waals surface area contributed by atoms with Crippen LogP contribution in [0.3, 0.4) is 0 Å². The van der Waals surface area contributed by atoms with Gasteiger partial charge in [0.15, 0.2) is 0 Å². The van der Waals surface area contributed by atoms with Crippen LogP contribution in [0.15, 0.2) is 24.5 Å². The van der Waals surface area contributed by atoms with E-state index >= 15 is 0 Å². The topological polar surface area (TPSA) is 38.6 Å². The Morgan fingerprint density at radius 2 is 2.44 bits per heavy atom. The molecular formula is C12H15N3O.